The average Bonchev–Trinajstić information content (AvgIpc) is 1.63. The van der Waals surface area contributed by atoms with Crippen LogP contribution in [0.4, 0.5) is 19.2 Å². The number of alkyl carbamates (subject to hydrolysis) is 4. The maximum Gasteiger partial charge on any atom is 0.407 e. The second-order valence-corrected chi connectivity index (χ2v) is 22.4. The van der Waals surface area contributed by atoms with Crippen LogP contribution in [0.5, 0.6) is 0 Å². The average molecular weight is 1290 g/mol. The molecule has 7 N–H and O–H groups in total. The Bertz CT molecular complexity index is 2560. The highest BCUT2D eigenvalue weighted by Crippen LogP contribution is 2.44. The van der Waals surface area contributed by atoms with Gasteiger partial charge in [0.25, 0.3) is 0 Å². The molecule has 2 aromatic carbocycles. The van der Waals surface area contributed by atoms with E-state index in [0.29, 0.717) is 110 Å². The highest BCUT2D eigenvalue weighted by Gasteiger charge is 2.29. The smallest absolute Gasteiger partial charge is 0.407 e. The molecule has 0 saturated carbocycles. The highest BCUT2D eigenvalue weighted by molar-refractivity contribution is 5.86. The topological polar surface area (TPSA) is 302 Å². The first-order valence-electron chi connectivity index (χ1n) is 33.0. The van der Waals surface area contributed by atoms with Crippen molar-refractivity contribution in [3.63, 3.8) is 0 Å². The van der Waals surface area contributed by atoms with Gasteiger partial charge in [-0.25, -0.2) is 19.2 Å². The summed E-state index contributed by atoms with van der Waals surface area (Å²) in [6, 6.07) is 16.5. The lowest BCUT2D eigenvalue weighted by Crippen LogP contribution is -2.47. The zero-order chi connectivity index (χ0) is 66.8. The lowest BCUT2D eigenvalue weighted by atomic mass is 9.98. The Morgan fingerprint density at radius 3 is 1.09 bits per heavy atom. The van der Waals surface area contributed by atoms with Crippen molar-refractivity contribution in [1.82, 2.24) is 51.9 Å². The number of unbranched alkanes of at least 4 members (excludes halogenated alkanes) is 13. The maximum absolute atomic E-state index is 13.6. The Morgan fingerprint density at radius 2 is 0.696 bits per heavy atom. The van der Waals surface area contributed by atoms with Crippen molar-refractivity contribution in [2.24, 2.45) is 0 Å². The van der Waals surface area contributed by atoms with E-state index in [1.165, 1.54) is 50.3 Å². The second-order valence-electron chi connectivity index (χ2n) is 22.4. The lowest BCUT2D eigenvalue weighted by molar-refractivity contribution is -0.137. The number of fused-ring (bicyclic) bond motifs is 3. The van der Waals surface area contributed by atoms with Gasteiger partial charge in [0.15, 0.2) is 0 Å². The molecule has 0 heterocycles. The first kappa shape index (κ1) is 77.8. The first-order valence-corrected chi connectivity index (χ1v) is 33.0. The van der Waals surface area contributed by atoms with Crippen LogP contribution in [0.1, 0.15) is 159 Å². The first-order chi connectivity index (χ1) is 44.7. The summed E-state index contributed by atoms with van der Waals surface area (Å²) in [4.78, 5) is 132. The summed E-state index contributed by atoms with van der Waals surface area (Å²) in [5.74, 6) is -1.80. The van der Waals surface area contributed by atoms with Crippen molar-refractivity contribution in [1.29, 1.82) is 0 Å². The highest BCUT2D eigenvalue weighted by atomic mass is 16.6. The van der Waals surface area contributed by atoms with Gasteiger partial charge in [-0.15, -0.1) is 0 Å². The summed E-state index contributed by atoms with van der Waals surface area (Å²) in [5.41, 5.74) is 4.72. The van der Waals surface area contributed by atoms with Crippen LogP contribution >= 0.6 is 0 Å². The minimum Gasteiger partial charge on any atom is -0.449 e. The lowest BCUT2D eigenvalue weighted by Gasteiger charge is -2.25. The minimum absolute atomic E-state index is 0.0160. The molecule has 0 atom stereocenters. The number of carbonyl (C=O) groups is 10. The Balaban J connectivity index is 1.43. The number of carbonyl (C=O) groups excluding carboxylic acids is 10. The summed E-state index contributed by atoms with van der Waals surface area (Å²) in [5, 5.41) is 19.3. The fourth-order valence-electron chi connectivity index (χ4n) is 10.2. The van der Waals surface area contributed by atoms with Crippen molar-refractivity contribution >= 4 is 59.8 Å². The van der Waals surface area contributed by atoms with Crippen LogP contribution in [0.2, 0.25) is 0 Å². The van der Waals surface area contributed by atoms with Crippen LogP contribution in [0.3, 0.4) is 0 Å². The summed E-state index contributed by atoms with van der Waals surface area (Å²) in [6.45, 7) is 14.9. The van der Waals surface area contributed by atoms with E-state index in [9.17, 15) is 47.9 Å². The van der Waals surface area contributed by atoms with Gasteiger partial charge in [-0.3, -0.25) is 28.8 Å². The predicted molar refractivity (Wildman–Crippen MR) is 353 cm³/mol. The molecule has 0 aliphatic heterocycles. The summed E-state index contributed by atoms with van der Waals surface area (Å²) in [6.07, 6.45) is 16.0. The molecule has 0 saturated heterocycles. The van der Waals surface area contributed by atoms with E-state index in [2.05, 4.69) is 81.2 Å². The Labute approximate surface area is 544 Å². The van der Waals surface area contributed by atoms with Gasteiger partial charge in [-0.1, -0.05) is 144 Å². The van der Waals surface area contributed by atoms with Crippen LogP contribution in [0, 0.1) is 0 Å². The number of amides is 10. The largest absolute Gasteiger partial charge is 0.449 e. The molecular formula is C68H104N10O14. The van der Waals surface area contributed by atoms with E-state index in [1.807, 2.05) is 31.2 Å². The molecule has 2 aromatic rings. The van der Waals surface area contributed by atoms with Crippen LogP contribution in [-0.2, 0) is 47.7 Å². The third-order valence-corrected chi connectivity index (χ3v) is 15.2. The molecule has 510 valence electrons. The Morgan fingerprint density at radius 1 is 0.380 bits per heavy atom. The number of hydrogen-bond donors (Lipinski definition) is 7. The van der Waals surface area contributed by atoms with Crippen molar-refractivity contribution in [2.45, 2.75) is 148 Å². The summed E-state index contributed by atoms with van der Waals surface area (Å²) < 4.78 is 20.4. The van der Waals surface area contributed by atoms with Crippen molar-refractivity contribution in [3.05, 3.63) is 97.6 Å². The Kier molecular flexibility index (Phi) is 41.7. The molecule has 0 aromatic heterocycles. The van der Waals surface area contributed by atoms with E-state index in [1.54, 1.807) is 4.90 Å². The fourth-order valence-corrected chi connectivity index (χ4v) is 10.2. The van der Waals surface area contributed by atoms with Gasteiger partial charge in [0.05, 0.1) is 13.1 Å². The third-order valence-electron chi connectivity index (χ3n) is 15.2. The van der Waals surface area contributed by atoms with Crippen molar-refractivity contribution in [3.8, 4) is 11.1 Å². The van der Waals surface area contributed by atoms with E-state index >= 15 is 0 Å². The second kappa shape index (κ2) is 49.3. The molecule has 10 amide bonds. The molecule has 1 aliphatic rings. The third kappa shape index (κ3) is 34.7. The maximum atomic E-state index is 13.6. The molecule has 0 unspecified atom stereocenters. The van der Waals surface area contributed by atoms with Crippen molar-refractivity contribution < 1.29 is 66.9 Å². The van der Waals surface area contributed by atoms with Crippen LogP contribution in [0.25, 0.3) is 11.1 Å². The van der Waals surface area contributed by atoms with E-state index in [4.69, 9.17) is 18.9 Å². The number of likely N-dealkylation sites (N-methyl/N-ethyl adjacent to an activating group) is 1. The molecule has 92 heavy (non-hydrogen) atoms. The monoisotopic (exact) mass is 1280 g/mol. The SMILES string of the molecule is C=CCOC(=O)NCCCCCC(=O)N(CC)CCNC(=O)CN(CCNC(=O)CN(CCNC(=O)CCCCCCCCCCNC(=O)OCC1c2ccccc2-c2ccccc21)C(=O)CCCCCNC(=O)OCC=C)C(=O)CCCCCNC(=O)OCC=C. The zero-order valence-electron chi connectivity index (χ0n) is 54.5. The minimum atomic E-state index is -0.573. The van der Waals surface area contributed by atoms with Crippen molar-refractivity contribution in [2.75, 3.05) is 112 Å². The predicted octanol–water partition coefficient (Wildman–Crippen LogP) is 8.31. The van der Waals surface area contributed by atoms with E-state index < -0.39 is 36.2 Å². The molecular weight excluding hydrogens is 1180 g/mol. The van der Waals surface area contributed by atoms with Gasteiger partial charge in [-0.05, 0) is 80.5 Å². The fraction of sp³-hybridized carbons (Fsp3) is 0.588. The molecule has 24 nitrogen and oxygen atoms in total. The van der Waals surface area contributed by atoms with Gasteiger partial charge >= 0.3 is 24.4 Å². The van der Waals surface area contributed by atoms with Gasteiger partial charge in [-0.2, -0.15) is 0 Å². The molecule has 0 fully saturated rings. The van der Waals surface area contributed by atoms with E-state index in [0.717, 1.165) is 44.9 Å². The molecule has 0 bridgehead atoms. The standard InChI is InChI=1S/C68H104N10O14/c1-5-48-89-65(85)72-39-27-15-19-35-62(82)76(8-4)45-42-70-60(80)51-78(64(84)37-21-17-29-41-74-67(87)91-50-7-3)47-44-71-61(81)52-77(63(83)36-20-16-28-40-73-66(86)90-49-6-2)46-43-69-59(79)34-18-13-11-9-10-12-14-26-38-75-68(88)92-53-58-56-32-24-22-30-54(56)55-31-23-25-33-57(55)58/h5-7,22-25,30-33,58H,1-3,8-21,26-29,34-53H2,4H3,(H,69,79)(H,70,80)(H,71,81)(H,72,85)(H,73,86)(H,74,87)(H,75,88). The number of nitrogens with zero attached hydrogens (tertiary/aromatic N) is 3. The molecule has 0 radical (unpaired) electrons. The van der Waals surface area contributed by atoms with Crippen LogP contribution in [-0.4, -0.2) is 186 Å². The number of ether oxygens (including phenoxy) is 4. The van der Waals surface area contributed by atoms with Crippen LogP contribution < -0.4 is 37.2 Å². The van der Waals surface area contributed by atoms with Gasteiger partial charge in [0.1, 0.15) is 26.4 Å². The number of hydrogen-bond acceptors (Lipinski definition) is 14. The number of nitrogens with one attached hydrogen (secondary N) is 7. The summed E-state index contributed by atoms with van der Waals surface area (Å²) in [7, 11) is 0. The van der Waals surface area contributed by atoms with Gasteiger partial charge in [0, 0.05) is 104 Å². The molecule has 0 spiro atoms. The summed E-state index contributed by atoms with van der Waals surface area (Å²) >= 11 is 0. The normalized spacial score (nSPS) is 11.1. The van der Waals surface area contributed by atoms with E-state index in [-0.39, 0.29) is 121 Å². The molecule has 3 rings (SSSR count). The van der Waals surface area contributed by atoms with Crippen LogP contribution in [0.15, 0.2) is 86.5 Å². The molecule has 1 aliphatic carbocycles. The number of rotatable bonds is 51. The quantitative estimate of drug-likeness (QED) is 0.0186. The zero-order valence-corrected chi connectivity index (χ0v) is 54.5. The Hall–Kier alpha value is -8.44. The van der Waals surface area contributed by atoms with Gasteiger partial charge < -0.3 is 70.9 Å². The number of benzene rings is 2. The molecule has 24 heteroatoms. The van der Waals surface area contributed by atoms with Gasteiger partial charge in [0.2, 0.25) is 35.4 Å².